The van der Waals surface area contributed by atoms with E-state index < -0.39 is 23.6 Å². The Morgan fingerprint density at radius 2 is 1.95 bits per heavy atom. The molecule has 120 valence electrons. The molecule has 3 amide bonds. The van der Waals surface area contributed by atoms with Crippen LogP contribution in [0.4, 0.5) is 4.79 Å². The van der Waals surface area contributed by atoms with E-state index >= 15 is 0 Å². The summed E-state index contributed by atoms with van der Waals surface area (Å²) in [7, 11) is 0. The van der Waals surface area contributed by atoms with Gasteiger partial charge in [0.15, 0.2) is 0 Å². The van der Waals surface area contributed by atoms with Gasteiger partial charge in [-0.15, -0.1) is 0 Å². The lowest BCUT2D eigenvalue weighted by Crippen LogP contribution is -2.48. The van der Waals surface area contributed by atoms with Gasteiger partial charge in [-0.2, -0.15) is 0 Å². The van der Waals surface area contributed by atoms with Crippen LogP contribution in [0.5, 0.6) is 0 Å². The molecule has 0 saturated carbocycles. The van der Waals surface area contributed by atoms with Crippen LogP contribution in [-0.4, -0.2) is 54.1 Å². The number of urea groups is 1. The van der Waals surface area contributed by atoms with Gasteiger partial charge in [-0.25, -0.2) is 4.79 Å². The van der Waals surface area contributed by atoms with E-state index in [0.717, 1.165) is 6.42 Å². The zero-order chi connectivity index (χ0) is 16.0. The topological polar surface area (TPSA) is 87.7 Å². The van der Waals surface area contributed by atoms with Gasteiger partial charge in [-0.05, 0) is 47.1 Å². The predicted octanol–water partition coefficient (Wildman–Crippen LogP) is 0.638. The van der Waals surface area contributed by atoms with Crippen molar-refractivity contribution in [3.8, 4) is 0 Å². The summed E-state index contributed by atoms with van der Waals surface area (Å²) in [5.74, 6) is -0.734. The van der Waals surface area contributed by atoms with Crippen molar-refractivity contribution in [3.63, 3.8) is 0 Å². The van der Waals surface area contributed by atoms with Crippen LogP contribution in [-0.2, 0) is 14.3 Å². The Labute approximate surface area is 125 Å². The number of imide groups is 1. The van der Waals surface area contributed by atoms with Crippen molar-refractivity contribution in [3.05, 3.63) is 0 Å². The fourth-order valence-electron chi connectivity index (χ4n) is 2.21. The van der Waals surface area contributed by atoms with Crippen molar-refractivity contribution in [2.24, 2.45) is 0 Å². The lowest BCUT2D eigenvalue weighted by atomic mass is 10.1. The molecule has 0 aromatic carbocycles. The third-order valence-electron chi connectivity index (χ3n) is 2.98. The molecular weight excluding hydrogens is 274 g/mol. The number of nitrogens with zero attached hydrogens (tertiary/aromatic N) is 1. The standard InChI is InChI=1S/C14H25N3O4/c1-5-15-13(20)16-11(18)9-17-8-6-7-10(17)12(19)21-14(2,3)4/h10H,5-9H2,1-4H3,(H2,15,16,18,20)/t10-/m0/s1. The fraction of sp³-hybridized carbons (Fsp3) is 0.786. The molecule has 1 fully saturated rings. The maximum Gasteiger partial charge on any atom is 0.323 e. The van der Waals surface area contributed by atoms with E-state index in [1.165, 1.54) is 0 Å². The van der Waals surface area contributed by atoms with Gasteiger partial charge < -0.3 is 10.1 Å². The molecule has 1 aliphatic heterocycles. The quantitative estimate of drug-likeness (QED) is 0.744. The summed E-state index contributed by atoms with van der Waals surface area (Å²) in [5, 5.41) is 4.72. The van der Waals surface area contributed by atoms with Gasteiger partial charge in [-0.1, -0.05) is 0 Å². The van der Waals surface area contributed by atoms with Gasteiger partial charge in [0.1, 0.15) is 11.6 Å². The van der Waals surface area contributed by atoms with Crippen molar-refractivity contribution in [2.75, 3.05) is 19.6 Å². The molecule has 1 atom stereocenters. The highest BCUT2D eigenvalue weighted by atomic mass is 16.6. The smallest absolute Gasteiger partial charge is 0.323 e. The second-order valence-corrected chi connectivity index (χ2v) is 6.07. The Bertz CT molecular complexity index is 404. The average Bonchev–Trinajstić information content (AvgIpc) is 2.74. The molecule has 1 rings (SSSR count). The van der Waals surface area contributed by atoms with E-state index in [9.17, 15) is 14.4 Å². The van der Waals surface area contributed by atoms with Crippen molar-refractivity contribution >= 4 is 17.9 Å². The van der Waals surface area contributed by atoms with Crippen LogP contribution >= 0.6 is 0 Å². The number of esters is 1. The maximum absolute atomic E-state index is 12.1. The normalized spacial score (nSPS) is 19.1. The summed E-state index contributed by atoms with van der Waals surface area (Å²) in [5.41, 5.74) is -0.547. The van der Waals surface area contributed by atoms with Crippen LogP contribution in [0.1, 0.15) is 40.5 Å². The number of rotatable bonds is 4. The van der Waals surface area contributed by atoms with E-state index in [-0.39, 0.29) is 12.5 Å². The average molecular weight is 299 g/mol. The number of amides is 3. The van der Waals surface area contributed by atoms with Crippen molar-refractivity contribution < 1.29 is 19.1 Å². The van der Waals surface area contributed by atoms with E-state index in [2.05, 4.69) is 10.6 Å². The first-order chi connectivity index (χ1) is 9.73. The minimum absolute atomic E-state index is 0.0149. The number of nitrogens with one attached hydrogen (secondary N) is 2. The lowest BCUT2D eigenvalue weighted by Gasteiger charge is -2.26. The first kappa shape index (κ1) is 17.4. The number of hydrogen-bond acceptors (Lipinski definition) is 5. The van der Waals surface area contributed by atoms with Gasteiger partial charge >= 0.3 is 12.0 Å². The molecule has 0 aromatic rings. The number of carbonyl (C=O) groups is 3. The minimum atomic E-state index is -0.547. The van der Waals surface area contributed by atoms with E-state index in [4.69, 9.17) is 4.74 Å². The third kappa shape index (κ3) is 6.12. The van der Waals surface area contributed by atoms with E-state index in [1.54, 1.807) is 11.8 Å². The summed E-state index contributed by atoms with van der Waals surface area (Å²) in [6.45, 7) is 8.31. The number of hydrogen-bond donors (Lipinski definition) is 2. The lowest BCUT2D eigenvalue weighted by molar-refractivity contribution is -0.160. The first-order valence-electron chi connectivity index (χ1n) is 7.27. The van der Waals surface area contributed by atoms with Gasteiger partial charge in [-0.3, -0.25) is 19.8 Å². The Morgan fingerprint density at radius 1 is 1.29 bits per heavy atom. The molecule has 0 spiro atoms. The molecule has 1 heterocycles. The Morgan fingerprint density at radius 3 is 2.52 bits per heavy atom. The second kappa shape index (κ2) is 7.40. The van der Waals surface area contributed by atoms with Crippen LogP contribution in [0.2, 0.25) is 0 Å². The Hall–Kier alpha value is -1.63. The summed E-state index contributed by atoms with van der Waals surface area (Å²) < 4.78 is 5.36. The van der Waals surface area contributed by atoms with Crippen LogP contribution in [0.25, 0.3) is 0 Å². The van der Waals surface area contributed by atoms with Gasteiger partial charge in [0.2, 0.25) is 5.91 Å². The van der Waals surface area contributed by atoms with E-state index in [1.807, 2.05) is 20.8 Å². The number of carbonyl (C=O) groups excluding carboxylic acids is 3. The molecule has 0 radical (unpaired) electrons. The van der Waals surface area contributed by atoms with Crippen LogP contribution in [0, 0.1) is 0 Å². The predicted molar refractivity (Wildman–Crippen MR) is 77.7 cm³/mol. The molecule has 1 saturated heterocycles. The number of ether oxygens (including phenoxy) is 1. The van der Waals surface area contributed by atoms with Gasteiger partial charge in [0, 0.05) is 6.54 Å². The van der Waals surface area contributed by atoms with Crippen LogP contribution in [0.15, 0.2) is 0 Å². The third-order valence-corrected chi connectivity index (χ3v) is 2.98. The van der Waals surface area contributed by atoms with Crippen molar-refractivity contribution in [1.29, 1.82) is 0 Å². The van der Waals surface area contributed by atoms with Crippen LogP contribution in [0.3, 0.4) is 0 Å². The molecule has 0 aliphatic carbocycles. The van der Waals surface area contributed by atoms with Crippen molar-refractivity contribution in [2.45, 2.75) is 52.2 Å². The largest absolute Gasteiger partial charge is 0.459 e. The van der Waals surface area contributed by atoms with Crippen molar-refractivity contribution in [1.82, 2.24) is 15.5 Å². The zero-order valence-corrected chi connectivity index (χ0v) is 13.2. The van der Waals surface area contributed by atoms with Gasteiger partial charge in [0.25, 0.3) is 0 Å². The zero-order valence-electron chi connectivity index (χ0n) is 13.2. The summed E-state index contributed by atoms with van der Waals surface area (Å²) in [6.07, 6.45) is 1.50. The molecule has 21 heavy (non-hydrogen) atoms. The maximum atomic E-state index is 12.1. The molecular formula is C14H25N3O4. The SMILES string of the molecule is CCNC(=O)NC(=O)CN1CCC[C@H]1C(=O)OC(C)(C)C. The fourth-order valence-corrected chi connectivity index (χ4v) is 2.21. The highest BCUT2D eigenvalue weighted by Gasteiger charge is 2.35. The number of likely N-dealkylation sites (tertiary alicyclic amines) is 1. The highest BCUT2D eigenvalue weighted by Crippen LogP contribution is 2.20. The summed E-state index contributed by atoms with van der Waals surface area (Å²) in [6, 6.07) is -0.931. The molecule has 1 aliphatic rings. The molecule has 0 bridgehead atoms. The monoisotopic (exact) mass is 299 g/mol. The van der Waals surface area contributed by atoms with Crippen LogP contribution < -0.4 is 10.6 Å². The second-order valence-electron chi connectivity index (χ2n) is 6.07. The van der Waals surface area contributed by atoms with E-state index in [0.29, 0.717) is 19.5 Å². The molecule has 0 unspecified atom stereocenters. The molecule has 2 N–H and O–H groups in total. The Balaban J connectivity index is 2.52. The molecule has 7 nitrogen and oxygen atoms in total. The Kier molecular flexibility index (Phi) is 6.14. The summed E-state index contributed by atoms with van der Waals surface area (Å²) >= 11 is 0. The first-order valence-corrected chi connectivity index (χ1v) is 7.27. The minimum Gasteiger partial charge on any atom is -0.459 e. The highest BCUT2D eigenvalue weighted by molar-refractivity contribution is 5.95. The summed E-state index contributed by atoms with van der Waals surface area (Å²) in [4.78, 5) is 36.9. The molecule has 0 aromatic heterocycles. The molecule has 7 heteroatoms. The van der Waals surface area contributed by atoms with Gasteiger partial charge in [0.05, 0.1) is 6.54 Å².